The zero-order chi connectivity index (χ0) is 11.5. The number of imide groups is 1. The molecular formula is C11H19N3O2. The van der Waals surface area contributed by atoms with Gasteiger partial charge in [0.1, 0.15) is 0 Å². The highest BCUT2D eigenvalue weighted by molar-refractivity contribution is 6.05. The van der Waals surface area contributed by atoms with E-state index in [4.69, 9.17) is 0 Å². The number of carbonyl (C=O) groups excluding carboxylic acids is 2. The van der Waals surface area contributed by atoms with E-state index in [9.17, 15) is 9.59 Å². The summed E-state index contributed by atoms with van der Waals surface area (Å²) >= 11 is 0. The Morgan fingerprint density at radius 3 is 2.81 bits per heavy atom. The zero-order valence-electron chi connectivity index (χ0n) is 9.74. The molecule has 1 unspecified atom stereocenters. The molecule has 2 aliphatic rings. The van der Waals surface area contributed by atoms with Gasteiger partial charge >= 0.3 is 0 Å². The molecule has 0 aromatic rings. The molecule has 0 aromatic heterocycles. The Labute approximate surface area is 95.8 Å². The molecule has 0 aromatic carbocycles. The highest BCUT2D eigenvalue weighted by Gasteiger charge is 2.40. The van der Waals surface area contributed by atoms with Gasteiger partial charge in [-0.05, 0) is 19.9 Å². The molecule has 0 radical (unpaired) electrons. The second kappa shape index (κ2) is 4.93. The summed E-state index contributed by atoms with van der Waals surface area (Å²) in [6.45, 7) is 6.03. The van der Waals surface area contributed by atoms with Crippen LogP contribution in [-0.4, -0.2) is 60.4 Å². The fraction of sp³-hybridized carbons (Fsp3) is 0.818. The number of likely N-dealkylation sites (tertiary alicyclic amines) is 1. The number of amides is 2. The van der Waals surface area contributed by atoms with Crippen molar-refractivity contribution in [3.05, 3.63) is 0 Å². The largest absolute Gasteiger partial charge is 0.315 e. The van der Waals surface area contributed by atoms with Crippen molar-refractivity contribution in [2.45, 2.75) is 25.8 Å². The Hall–Kier alpha value is -0.940. The van der Waals surface area contributed by atoms with Gasteiger partial charge in [-0.25, -0.2) is 0 Å². The minimum absolute atomic E-state index is 0.00519. The summed E-state index contributed by atoms with van der Waals surface area (Å²) in [5.41, 5.74) is 0. The van der Waals surface area contributed by atoms with Crippen LogP contribution in [0.2, 0.25) is 0 Å². The molecule has 2 fully saturated rings. The van der Waals surface area contributed by atoms with E-state index < -0.39 is 0 Å². The van der Waals surface area contributed by atoms with Crippen LogP contribution in [-0.2, 0) is 9.59 Å². The average molecular weight is 225 g/mol. The predicted octanol–water partition coefficient (Wildman–Crippen LogP) is -0.571. The molecule has 2 saturated heterocycles. The minimum atomic E-state index is -0.202. The van der Waals surface area contributed by atoms with E-state index in [1.807, 2.05) is 6.92 Å². The first-order chi connectivity index (χ1) is 7.74. The highest BCUT2D eigenvalue weighted by Crippen LogP contribution is 2.18. The van der Waals surface area contributed by atoms with Crippen molar-refractivity contribution in [1.82, 2.24) is 15.1 Å². The lowest BCUT2D eigenvalue weighted by Crippen LogP contribution is -2.43. The monoisotopic (exact) mass is 225 g/mol. The number of carbonyl (C=O) groups is 2. The molecule has 5 heteroatoms. The van der Waals surface area contributed by atoms with E-state index in [1.165, 1.54) is 4.90 Å². The van der Waals surface area contributed by atoms with Gasteiger partial charge in [0.05, 0.1) is 12.5 Å². The van der Waals surface area contributed by atoms with E-state index in [1.54, 1.807) is 0 Å². The molecule has 90 valence electrons. The Morgan fingerprint density at radius 1 is 1.31 bits per heavy atom. The quantitative estimate of drug-likeness (QED) is 0.639. The number of nitrogens with zero attached hydrogens (tertiary/aromatic N) is 2. The van der Waals surface area contributed by atoms with Crippen molar-refractivity contribution in [2.75, 3.05) is 32.7 Å². The lowest BCUT2D eigenvalue weighted by Gasteiger charge is -2.24. The van der Waals surface area contributed by atoms with Crippen molar-refractivity contribution >= 4 is 11.8 Å². The number of rotatable bonds is 2. The summed E-state index contributed by atoms with van der Waals surface area (Å²) in [5.74, 6) is -0.0240. The number of nitrogens with one attached hydrogen (secondary N) is 1. The second-order valence-electron chi connectivity index (χ2n) is 4.34. The van der Waals surface area contributed by atoms with Gasteiger partial charge in [-0.3, -0.25) is 19.4 Å². The molecule has 2 amide bonds. The highest BCUT2D eigenvalue weighted by atomic mass is 16.2. The molecule has 1 atom stereocenters. The van der Waals surface area contributed by atoms with E-state index in [0.29, 0.717) is 13.0 Å². The molecule has 0 saturated carbocycles. The number of hydrogen-bond acceptors (Lipinski definition) is 4. The molecule has 16 heavy (non-hydrogen) atoms. The van der Waals surface area contributed by atoms with Gasteiger partial charge in [0, 0.05) is 26.2 Å². The summed E-state index contributed by atoms with van der Waals surface area (Å²) in [6.07, 6.45) is 1.41. The van der Waals surface area contributed by atoms with Crippen LogP contribution in [0.4, 0.5) is 0 Å². The number of likely N-dealkylation sites (N-methyl/N-ethyl adjacent to an activating group) is 1. The molecule has 2 aliphatic heterocycles. The summed E-state index contributed by atoms with van der Waals surface area (Å²) in [4.78, 5) is 27.1. The maximum absolute atomic E-state index is 12.0. The lowest BCUT2D eigenvalue weighted by atomic mass is 10.2. The molecule has 0 spiro atoms. The van der Waals surface area contributed by atoms with Crippen LogP contribution in [0.15, 0.2) is 0 Å². The predicted molar refractivity (Wildman–Crippen MR) is 59.9 cm³/mol. The number of hydrogen-bond donors (Lipinski definition) is 1. The van der Waals surface area contributed by atoms with Gasteiger partial charge in [-0.2, -0.15) is 0 Å². The van der Waals surface area contributed by atoms with Crippen molar-refractivity contribution in [1.29, 1.82) is 0 Å². The van der Waals surface area contributed by atoms with Crippen LogP contribution in [0.25, 0.3) is 0 Å². The SMILES string of the molecule is CCN1C(=O)CC(N2CCCNCC2)C1=O. The first-order valence-corrected chi connectivity index (χ1v) is 6.03. The van der Waals surface area contributed by atoms with Gasteiger partial charge in [0.25, 0.3) is 0 Å². The van der Waals surface area contributed by atoms with Crippen LogP contribution in [0.3, 0.4) is 0 Å². The van der Waals surface area contributed by atoms with Crippen LogP contribution in [0, 0.1) is 0 Å². The van der Waals surface area contributed by atoms with Gasteiger partial charge in [-0.15, -0.1) is 0 Å². The van der Waals surface area contributed by atoms with Gasteiger partial charge in [0.15, 0.2) is 0 Å². The third-order valence-electron chi connectivity index (χ3n) is 3.35. The van der Waals surface area contributed by atoms with Crippen molar-refractivity contribution in [3.63, 3.8) is 0 Å². The topological polar surface area (TPSA) is 52.7 Å². The summed E-state index contributed by atoms with van der Waals surface area (Å²) < 4.78 is 0. The van der Waals surface area contributed by atoms with E-state index >= 15 is 0 Å². The molecule has 0 bridgehead atoms. The van der Waals surface area contributed by atoms with E-state index in [2.05, 4.69) is 10.2 Å². The maximum atomic E-state index is 12.0. The lowest BCUT2D eigenvalue weighted by molar-refractivity contribution is -0.139. The summed E-state index contributed by atoms with van der Waals surface area (Å²) in [6, 6.07) is -0.202. The molecule has 0 aliphatic carbocycles. The Kier molecular flexibility index (Phi) is 3.56. The normalized spacial score (nSPS) is 28.6. The summed E-state index contributed by atoms with van der Waals surface area (Å²) in [7, 11) is 0. The van der Waals surface area contributed by atoms with Gasteiger partial charge in [-0.1, -0.05) is 0 Å². The standard InChI is InChI=1S/C11H19N3O2/c1-2-14-10(15)8-9(11(14)16)13-6-3-4-12-5-7-13/h9,12H,2-8H2,1H3. The molecule has 2 rings (SSSR count). The smallest absolute Gasteiger partial charge is 0.247 e. The van der Waals surface area contributed by atoms with Crippen LogP contribution < -0.4 is 5.32 Å². The Balaban J connectivity index is 2.04. The third-order valence-corrected chi connectivity index (χ3v) is 3.35. The first kappa shape index (κ1) is 11.5. The molecule has 5 nitrogen and oxygen atoms in total. The van der Waals surface area contributed by atoms with Crippen molar-refractivity contribution in [2.24, 2.45) is 0 Å². The van der Waals surface area contributed by atoms with Crippen LogP contribution >= 0.6 is 0 Å². The van der Waals surface area contributed by atoms with Crippen molar-refractivity contribution < 1.29 is 9.59 Å². The summed E-state index contributed by atoms with van der Waals surface area (Å²) in [5, 5.41) is 3.30. The second-order valence-corrected chi connectivity index (χ2v) is 4.34. The van der Waals surface area contributed by atoms with E-state index in [-0.39, 0.29) is 17.9 Å². The van der Waals surface area contributed by atoms with Crippen LogP contribution in [0.5, 0.6) is 0 Å². The maximum Gasteiger partial charge on any atom is 0.247 e. The molecule has 2 heterocycles. The van der Waals surface area contributed by atoms with Gasteiger partial charge < -0.3 is 5.32 Å². The molecular weight excluding hydrogens is 206 g/mol. The fourth-order valence-corrected chi connectivity index (χ4v) is 2.46. The average Bonchev–Trinajstić information content (AvgIpc) is 2.49. The van der Waals surface area contributed by atoms with E-state index in [0.717, 1.165) is 32.6 Å². The van der Waals surface area contributed by atoms with Crippen LogP contribution in [0.1, 0.15) is 19.8 Å². The van der Waals surface area contributed by atoms with Crippen molar-refractivity contribution in [3.8, 4) is 0 Å². The van der Waals surface area contributed by atoms with Gasteiger partial charge in [0.2, 0.25) is 11.8 Å². The fourth-order valence-electron chi connectivity index (χ4n) is 2.46. The minimum Gasteiger partial charge on any atom is -0.315 e. The third kappa shape index (κ3) is 2.10. The zero-order valence-corrected chi connectivity index (χ0v) is 9.74. The Morgan fingerprint density at radius 2 is 2.12 bits per heavy atom. The molecule has 1 N–H and O–H groups in total. The Bertz CT molecular complexity index is 285. The first-order valence-electron chi connectivity index (χ1n) is 6.03.